The van der Waals surface area contributed by atoms with Crippen molar-refractivity contribution < 1.29 is 9.13 Å². The van der Waals surface area contributed by atoms with Gasteiger partial charge in [0.25, 0.3) is 5.88 Å². The molecule has 1 aromatic carbocycles. The van der Waals surface area contributed by atoms with Gasteiger partial charge in [-0.3, -0.25) is 0 Å². The van der Waals surface area contributed by atoms with Crippen LogP contribution in [-0.4, -0.2) is 9.97 Å². The van der Waals surface area contributed by atoms with Crippen LogP contribution in [-0.2, 0) is 0 Å². The maximum absolute atomic E-state index is 13.2. The number of rotatable bonds is 2. The zero-order chi connectivity index (χ0) is 13.3. The highest BCUT2D eigenvalue weighted by Crippen LogP contribution is 2.29. The Bertz CT molecular complexity index is 587. The molecule has 0 atom stereocenters. The van der Waals surface area contributed by atoms with Crippen LogP contribution in [0, 0.1) is 19.7 Å². The van der Waals surface area contributed by atoms with Gasteiger partial charge in [-0.25, -0.2) is 14.4 Å². The average Bonchev–Trinajstić information content (AvgIpc) is 2.24. The fourth-order valence-corrected chi connectivity index (χ4v) is 1.97. The zero-order valence-electron chi connectivity index (χ0n) is 9.67. The molecule has 0 fully saturated rings. The van der Waals surface area contributed by atoms with E-state index in [1.807, 2.05) is 0 Å². The predicted molar refractivity (Wildman–Crippen MR) is 70.7 cm³/mol. The minimum Gasteiger partial charge on any atom is -0.436 e. The van der Waals surface area contributed by atoms with E-state index < -0.39 is 5.82 Å². The van der Waals surface area contributed by atoms with Gasteiger partial charge in [0.15, 0.2) is 5.15 Å². The number of hydrogen-bond acceptors (Lipinski definition) is 3. The van der Waals surface area contributed by atoms with E-state index in [2.05, 4.69) is 25.9 Å². The highest BCUT2D eigenvalue weighted by atomic mass is 79.9. The molecule has 0 saturated heterocycles. The first-order chi connectivity index (χ1) is 8.45. The molecule has 0 unspecified atom stereocenters. The summed E-state index contributed by atoms with van der Waals surface area (Å²) in [6, 6.07) is 4.20. The monoisotopic (exact) mass is 330 g/mol. The Hall–Kier alpha value is -1.20. The van der Waals surface area contributed by atoms with Crippen molar-refractivity contribution in [1.82, 2.24) is 9.97 Å². The number of benzene rings is 1. The second kappa shape index (κ2) is 5.20. The topological polar surface area (TPSA) is 35.0 Å². The summed E-state index contributed by atoms with van der Waals surface area (Å²) >= 11 is 9.11. The van der Waals surface area contributed by atoms with Gasteiger partial charge in [0.2, 0.25) is 0 Å². The lowest BCUT2D eigenvalue weighted by Gasteiger charge is -2.08. The molecule has 0 saturated carbocycles. The first-order valence-corrected chi connectivity index (χ1v) is 6.27. The molecule has 0 amide bonds. The highest BCUT2D eigenvalue weighted by Gasteiger charge is 2.10. The Morgan fingerprint density at radius 3 is 2.50 bits per heavy atom. The van der Waals surface area contributed by atoms with E-state index in [0.717, 1.165) is 5.69 Å². The van der Waals surface area contributed by atoms with Crippen molar-refractivity contribution in [3.63, 3.8) is 0 Å². The summed E-state index contributed by atoms with van der Waals surface area (Å²) in [6.07, 6.45) is 0. The Kier molecular flexibility index (Phi) is 3.82. The second-order valence-corrected chi connectivity index (χ2v) is 4.97. The normalized spacial score (nSPS) is 10.5. The first-order valence-electron chi connectivity index (χ1n) is 5.10. The molecule has 6 heteroatoms. The smallest absolute Gasteiger partial charge is 0.257 e. The first kappa shape index (κ1) is 13.2. The van der Waals surface area contributed by atoms with Gasteiger partial charge >= 0.3 is 0 Å². The molecule has 0 spiro atoms. The van der Waals surface area contributed by atoms with E-state index >= 15 is 0 Å². The van der Waals surface area contributed by atoms with Crippen LogP contribution in [0.3, 0.4) is 0 Å². The summed E-state index contributed by atoms with van der Waals surface area (Å²) < 4.78 is 19.2. The third-order valence-corrected chi connectivity index (χ3v) is 2.99. The van der Waals surface area contributed by atoms with Gasteiger partial charge in [-0.05, 0) is 26.0 Å². The largest absolute Gasteiger partial charge is 0.436 e. The van der Waals surface area contributed by atoms with Crippen molar-refractivity contribution in [3.05, 3.63) is 45.0 Å². The number of hydrogen-bond donors (Lipinski definition) is 0. The van der Waals surface area contributed by atoms with Gasteiger partial charge < -0.3 is 4.74 Å². The van der Waals surface area contributed by atoms with Crippen molar-refractivity contribution in [1.29, 1.82) is 0 Å². The van der Waals surface area contributed by atoms with Gasteiger partial charge in [0.05, 0.1) is 11.4 Å². The van der Waals surface area contributed by atoms with E-state index in [9.17, 15) is 4.39 Å². The lowest BCUT2D eigenvalue weighted by molar-refractivity contribution is 0.453. The number of aromatic nitrogens is 2. The fourth-order valence-electron chi connectivity index (χ4n) is 1.32. The molecule has 0 N–H and O–H groups in total. The van der Waals surface area contributed by atoms with Crippen LogP contribution in [0.2, 0.25) is 5.15 Å². The molecular formula is C12H9BrClFN2O. The molecule has 0 aliphatic rings. The second-order valence-electron chi connectivity index (χ2n) is 3.70. The van der Waals surface area contributed by atoms with Crippen molar-refractivity contribution in [2.75, 3.05) is 0 Å². The van der Waals surface area contributed by atoms with Crippen LogP contribution in [0.4, 0.5) is 4.39 Å². The molecule has 1 heterocycles. The van der Waals surface area contributed by atoms with Crippen LogP contribution in [0.5, 0.6) is 11.6 Å². The fraction of sp³-hybridized carbons (Fsp3) is 0.167. The molecule has 3 nitrogen and oxygen atoms in total. The molecule has 0 aliphatic carbocycles. The average molecular weight is 332 g/mol. The SMILES string of the molecule is Cc1nc(Cl)c(Oc2cc(F)cc(Br)c2)nc1C. The van der Waals surface area contributed by atoms with Gasteiger partial charge in [-0.1, -0.05) is 27.5 Å². The molecule has 0 aliphatic heterocycles. The molecule has 2 rings (SSSR count). The van der Waals surface area contributed by atoms with Crippen LogP contribution in [0.1, 0.15) is 11.4 Å². The minimum atomic E-state index is -0.410. The zero-order valence-corrected chi connectivity index (χ0v) is 12.0. The molecule has 18 heavy (non-hydrogen) atoms. The van der Waals surface area contributed by atoms with E-state index in [1.54, 1.807) is 19.9 Å². The number of aryl methyl sites for hydroxylation is 2. The van der Waals surface area contributed by atoms with Crippen molar-refractivity contribution in [2.45, 2.75) is 13.8 Å². The summed E-state index contributed by atoms with van der Waals surface area (Å²) in [6.45, 7) is 3.60. The highest BCUT2D eigenvalue weighted by molar-refractivity contribution is 9.10. The third-order valence-electron chi connectivity index (χ3n) is 2.29. The molecule has 1 aromatic heterocycles. The van der Waals surface area contributed by atoms with E-state index in [0.29, 0.717) is 15.9 Å². The van der Waals surface area contributed by atoms with Crippen molar-refractivity contribution >= 4 is 27.5 Å². The minimum absolute atomic E-state index is 0.151. The molecule has 0 radical (unpaired) electrons. The number of ether oxygens (including phenoxy) is 1. The summed E-state index contributed by atoms with van der Waals surface area (Å²) in [4.78, 5) is 8.26. The molecule has 0 bridgehead atoms. The maximum Gasteiger partial charge on any atom is 0.257 e. The molecule has 2 aromatic rings. The van der Waals surface area contributed by atoms with Crippen LogP contribution < -0.4 is 4.74 Å². The standard InChI is InChI=1S/C12H9BrClFN2O/c1-6-7(2)17-12(11(14)16-6)18-10-4-8(13)3-9(15)5-10/h3-5H,1-2H3. The lowest BCUT2D eigenvalue weighted by Crippen LogP contribution is -1.97. The van der Waals surface area contributed by atoms with Crippen LogP contribution in [0.25, 0.3) is 0 Å². The summed E-state index contributed by atoms with van der Waals surface area (Å²) in [5.41, 5.74) is 1.44. The number of halogens is 3. The summed E-state index contributed by atoms with van der Waals surface area (Å²) in [7, 11) is 0. The lowest BCUT2D eigenvalue weighted by atomic mass is 10.3. The predicted octanol–water partition coefficient (Wildman–Crippen LogP) is 4.44. The van der Waals surface area contributed by atoms with Gasteiger partial charge in [-0.2, -0.15) is 0 Å². The quantitative estimate of drug-likeness (QED) is 0.816. The Morgan fingerprint density at radius 1 is 1.17 bits per heavy atom. The number of nitrogens with zero attached hydrogens (tertiary/aromatic N) is 2. The van der Waals surface area contributed by atoms with Gasteiger partial charge in [0.1, 0.15) is 11.6 Å². The summed E-state index contributed by atoms with van der Waals surface area (Å²) in [5.74, 6) is 0.0610. The summed E-state index contributed by atoms with van der Waals surface area (Å²) in [5, 5.41) is 0.151. The van der Waals surface area contributed by atoms with Crippen molar-refractivity contribution in [3.8, 4) is 11.6 Å². The Labute approximate surface area is 117 Å². The third kappa shape index (κ3) is 2.97. The molecular weight excluding hydrogens is 322 g/mol. The van der Waals surface area contributed by atoms with Crippen LogP contribution in [0.15, 0.2) is 22.7 Å². The van der Waals surface area contributed by atoms with Gasteiger partial charge in [0, 0.05) is 10.5 Å². The van der Waals surface area contributed by atoms with E-state index in [1.165, 1.54) is 12.1 Å². The van der Waals surface area contributed by atoms with Gasteiger partial charge in [-0.15, -0.1) is 0 Å². The molecule has 94 valence electrons. The van der Waals surface area contributed by atoms with E-state index in [-0.39, 0.29) is 11.0 Å². The Morgan fingerprint density at radius 2 is 1.83 bits per heavy atom. The van der Waals surface area contributed by atoms with E-state index in [4.69, 9.17) is 16.3 Å². The maximum atomic E-state index is 13.2. The Balaban J connectivity index is 2.36. The van der Waals surface area contributed by atoms with Crippen molar-refractivity contribution in [2.24, 2.45) is 0 Å². The van der Waals surface area contributed by atoms with Crippen LogP contribution >= 0.6 is 27.5 Å².